The standard InChI is InChI=1S/C11H12N2O3/c1-5(2)7-4-8(14)16-11-9(7)10(15)12-6(3)13-11/h4-5H,1-3H3,(H,12,13,15). The lowest BCUT2D eigenvalue weighted by atomic mass is 10.0. The van der Waals surface area contributed by atoms with Gasteiger partial charge in [-0.15, -0.1) is 0 Å². The maximum Gasteiger partial charge on any atom is 0.337 e. The van der Waals surface area contributed by atoms with Crippen molar-refractivity contribution in [2.24, 2.45) is 0 Å². The van der Waals surface area contributed by atoms with Crippen LogP contribution in [0, 0.1) is 6.92 Å². The Bertz CT molecular complexity index is 602. The van der Waals surface area contributed by atoms with Crippen LogP contribution in [-0.2, 0) is 0 Å². The molecule has 16 heavy (non-hydrogen) atoms. The Labute approximate surface area is 91.8 Å². The zero-order valence-corrected chi connectivity index (χ0v) is 9.31. The molecule has 0 fully saturated rings. The van der Waals surface area contributed by atoms with E-state index in [1.165, 1.54) is 6.07 Å². The molecular formula is C11H12N2O3. The molecule has 5 heteroatoms. The van der Waals surface area contributed by atoms with Gasteiger partial charge in [-0.25, -0.2) is 4.79 Å². The molecule has 0 saturated carbocycles. The summed E-state index contributed by atoms with van der Waals surface area (Å²) in [4.78, 5) is 19.2. The fourth-order valence-electron chi connectivity index (χ4n) is 1.64. The molecule has 0 aliphatic heterocycles. The Morgan fingerprint density at radius 2 is 2.06 bits per heavy atom. The molecule has 2 rings (SSSR count). The van der Waals surface area contributed by atoms with Gasteiger partial charge in [0.05, 0.1) is 0 Å². The van der Waals surface area contributed by atoms with E-state index < -0.39 is 5.63 Å². The van der Waals surface area contributed by atoms with Gasteiger partial charge in [0.1, 0.15) is 11.2 Å². The maximum absolute atomic E-state index is 11.3. The van der Waals surface area contributed by atoms with Crippen molar-refractivity contribution in [2.45, 2.75) is 26.7 Å². The highest BCUT2D eigenvalue weighted by atomic mass is 16.4. The number of nitrogens with zero attached hydrogens (tertiary/aromatic N) is 2. The Morgan fingerprint density at radius 1 is 1.38 bits per heavy atom. The minimum Gasteiger partial charge on any atom is -0.493 e. The van der Waals surface area contributed by atoms with Gasteiger partial charge in [-0.3, -0.25) is 0 Å². The zero-order chi connectivity index (χ0) is 11.9. The molecular weight excluding hydrogens is 208 g/mol. The molecule has 0 atom stereocenters. The molecule has 0 radical (unpaired) electrons. The van der Waals surface area contributed by atoms with E-state index in [1.807, 2.05) is 13.8 Å². The Hall–Kier alpha value is -1.91. The van der Waals surface area contributed by atoms with Gasteiger partial charge in [0.15, 0.2) is 0 Å². The number of hydrogen-bond donors (Lipinski definition) is 1. The van der Waals surface area contributed by atoms with Gasteiger partial charge in [-0.05, 0) is 18.4 Å². The average Bonchev–Trinajstić information content (AvgIpc) is 2.14. The minimum absolute atomic E-state index is 0.0869. The number of rotatable bonds is 1. The fourth-order valence-corrected chi connectivity index (χ4v) is 1.64. The third kappa shape index (κ3) is 1.64. The van der Waals surface area contributed by atoms with Gasteiger partial charge >= 0.3 is 5.63 Å². The first-order valence-corrected chi connectivity index (χ1v) is 5.00. The van der Waals surface area contributed by atoms with Crippen molar-refractivity contribution >= 4 is 11.1 Å². The van der Waals surface area contributed by atoms with Crippen LogP contribution in [0.3, 0.4) is 0 Å². The van der Waals surface area contributed by atoms with E-state index in [-0.39, 0.29) is 17.5 Å². The molecule has 0 spiro atoms. The van der Waals surface area contributed by atoms with Crippen LogP contribution in [0.25, 0.3) is 11.1 Å². The van der Waals surface area contributed by atoms with E-state index in [4.69, 9.17) is 4.42 Å². The Kier molecular flexibility index (Phi) is 2.38. The minimum atomic E-state index is -0.464. The van der Waals surface area contributed by atoms with Gasteiger partial charge in [0.25, 0.3) is 0 Å². The molecule has 84 valence electrons. The smallest absolute Gasteiger partial charge is 0.337 e. The lowest BCUT2D eigenvalue weighted by Gasteiger charge is -2.08. The molecule has 0 aliphatic carbocycles. The normalized spacial score (nSPS) is 11.2. The van der Waals surface area contributed by atoms with Crippen LogP contribution in [0.2, 0.25) is 0 Å². The van der Waals surface area contributed by atoms with Crippen LogP contribution < -0.4 is 5.63 Å². The molecule has 2 aromatic heterocycles. The first-order valence-electron chi connectivity index (χ1n) is 5.00. The summed E-state index contributed by atoms with van der Waals surface area (Å²) in [5.74, 6) is 0.313. The zero-order valence-electron chi connectivity index (χ0n) is 9.31. The number of hydrogen-bond acceptors (Lipinski definition) is 5. The van der Waals surface area contributed by atoms with Crippen LogP contribution in [0.5, 0.6) is 5.88 Å². The van der Waals surface area contributed by atoms with Crippen molar-refractivity contribution in [3.8, 4) is 5.88 Å². The molecule has 0 unspecified atom stereocenters. The van der Waals surface area contributed by atoms with Crippen LogP contribution >= 0.6 is 0 Å². The highest BCUT2D eigenvalue weighted by molar-refractivity contribution is 5.82. The molecule has 0 saturated heterocycles. The summed E-state index contributed by atoms with van der Waals surface area (Å²) in [5, 5.41) is 10.2. The predicted molar refractivity (Wildman–Crippen MR) is 58.6 cm³/mol. The molecule has 5 nitrogen and oxygen atoms in total. The van der Waals surface area contributed by atoms with Crippen molar-refractivity contribution in [3.05, 3.63) is 27.9 Å². The number of fused-ring (bicyclic) bond motifs is 1. The Morgan fingerprint density at radius 3 is 2.69 bits per heavy atom. The number of aromatic hydroxyl groups is 1. The van der Waals surface area contributed by atoms with Crippen molar-refractivity contribution in [1.29, 1.82) is 0 Å². The molecule has 0 aromatic carbocycles. The second-order valence-corrected chi connectivity index (χ2v) is 3.95. The van der Waals surface area contributed by atoms with E-state index in [2.05, 4.69) is 9.97 Å². The number of aromatic nitrogens is 2. The second kappa shape index (κ2) is 3.59. The van der Waals surface area contributed by atoms with Gasteiger partial charge < -0.3 is 9.52 Å². The SMILES string of the molecule is Cc1nc(O)c2c(C(C)C)cc(=O)oc2n1. The summed E-state index contributed by atoms with van der Waals surface area (Å²) >= 11 is 0. The summed E-state index contributed by atoms with van der Waals surface area (Å²) in [7, 11) is 0. The maximum atomic E-state index is 11.3. The molecule has 2 heterocycles. The highest BCUT2D eigenvalue weighted by Crippen LogP contribution is 2.28. The quantitative estimate of drug-likeness (QED) is 0.791. The molecule has 0 amide bonds. The molecule has 2 aromatic rings. The summed E-state index contributed by atoms with van der Waals surface area (Å²) in [6.07, 6.45) is 0. The van der Waals surface area contributed by atoms with Gasteiger partial charge in [-0.1, -0.05) is 13.8 Å². The van der Waals surface area contributed by atoms with E-state index in [9.17, 15) is 9.90 Å². The summed E-state index contributed by atoms with van der Waals surface area (Å²) in [6, 6.07) is 1.37. The average molecular weight is 220 g/mol. The third-order valence-corrected chi connectivity index (χ3v) is 2.35. The van der Waals surface area contributed by atoms with E-state index in [1.54, 1.807) is 6.92 Å². The van der Waals surface area contributed by atoms with Crippen molar-refractivity contribution in [3.63, 3.8) is 0 Å². The summed E-state index contributed by atoms with van der Waals surface area (Å²) in [6.45, 7) is 5.47. The van der Waals surface area contributed by atoms with Crippen LogP contribution in [-0.4, -0.2) is 15.1 Å². The van der Waals surface area contributed by atoms with E-state index in [0.29, 0.717) is 16.8 Å². The van der Waals surface area contributed by atoms with E-state index >= 15 is 0 Å². The second-order valence-electron chi connectivity index (χ2n) is 3.95. The van der Waals surface area contributed by atoms with Crippen molar-refractivity contribution in [1.82, 2.24) is 9.97 Å². The van der Waals surface area contributed by atoms with Crippen LogP contribution in [0.4, 0.5) is 0 Å². The van der Waals surface area contributed by atoms with Crippen LogP contribution in [0.1, 0.15) is 31.2 Å². The van der Waals surface area contributed by atoms with E-state index in [0.717, 1.165) is 0 Å². The van der Waals surface area contributed by atoms with Crippen molar-refractivity contribution in [2.75, 3.05) is 0 Å². The molecule has 0 bridgehead atoms. The molecule has 1 N–H and O–H groups in total. The fraction of sp³-hybridized carbons (Fsp3) is 0.364. The van der Waals surface area contributed by atoms with Crippen LogP contribution in [0.15, 0.2) is 15.3 Å². The number of aryl methyl sites for hydroxylation is 1. The largest absolute Gasteiger partial charge is 0.493 e. The first kappa shape index (κ1) is 10.6. The van der Waals surface area contributed by atoms with Gasteiger partial charge in [0, 0.05) is 6.07 Å². The van der Waals surface area contributed by atoms with Gasteiger partial charge in [0.2, 0.25) is 11.6 Å². The summed E-state index contributed by atoms with van der Waals surface area (Å²) < 4.78 is 4.95. The van der Waals surface area contributed by atoms with Gasteiger partial charge in [-0.2, -0.15) is 9.97 Å². The highest BCUT2D eigenvalue weighted by Gasteiger charge is 2.15. The lowest BCUT2D eigenvalue weighted by molar-refractivity contribution is 0.452. The third-order valence-electron chi connectivity index (χ3n) is 2.35. The summed E-state index contributed by atoms with van der Waals surface area (Å²) in [5.41, 5.74) is 0.374. The lowest BCUT2D eigenvalue weighted by Crippen LogP contribution is -2.04. The first-order chi connectivity index (χ1) is 7.49. The topological polar surface area (TPSA) is 76.2 Å². The monoisotopic (exact) mass is 220 g/mol. The molecule has 0 aliphatic rings. The predicted octanol–water partition coefficient (Wildman–Crippen LogP) is 1.72. The Balaban J connectivity index is 2.95. The van der Waals surface area contributed by atoms with Crippen molar-refractivity contribution < 1.29 is 9.52 Å².